The minimum atomic E-state index is -0.379. The molecule has 0 aliphatic heterocycles. The lowest BCUT2D eigenvalue weighted by atomic mass is 9.91. The van der Waals surface area contributed by atoms with Crippen LogP contribution >= 0.6 is 0 Å². The van der Waals surface area contributed by atoms with Crippen LogP contribution in [0.2, 0.25) is 0 Å². The Morgan fingerprint density at radius 2 is 1.67 bits per heavy atom. The van der Waals surface area contributed by atoms with Gasteiger partial charge in [-0.25, -0.2) is 0 Å². The second-order valence-electron chi connectivity index (χ2n) is 6.08. The normalized spacial score (nSPS) is 12.7. The van der Waals surface area contributed by atoms with Gasteiger partial charge in [0.1, 0.15) is 0 Å². The molecule has 2 nitrogen and oxygen atoms in total. The third kappa shape index (κ3) is 3.93. The first kappa shape index (κ1) is 15.3. The zero-order valence-electron chi connectivity index (χ0n) is 12.9. The number of nitrogens with zero attached hydrogens (tertiary/aromatic N) is 1. The minimum absolute atomic E-state index is 0.111. The largest absolute Gasteiger partial charge is 0.305 e. The topological polar surface area (TPSA) is 35.8 Å². The van der Waals surface area contributed by atoms with Crippen molar-refractivity contribution in [1.29, 1.82) is 5.26 Å². The van der Waals surface area contributed by atoms with Crippen LogP contribution in [0.5, 0.6) is 0 Å². The summed E-state index contributed by atoms with van der Waals surface area (Å²) in [5.41, 5.74) is 3.36. The molecular weight excluding hydrogens is 256 g/mol. The first-order chi connectivity index (χ1) is 10.0. The zero-order chi connectivity index (χ0) is 15.3. The fourth-order valence-corrected chi connectivity index (χ4v) is 2.36. The molecule has 2 aromatic carbocycles. The smallest absolute Gasteiger partial charge is 0.0697 e. The van der Waals surface area contributed by atoms with Crippen LogP contribution in [0.15, 0.2) is 54.6 Å². The van der Waals surface area contributed by atoms with Crippen molar-refractivity contribution in [2.75, 3.05) is 6.54 Å². The maximum atomic E-state index is 9.21. The molecule has 0 radical (unpaired) electrons. The van der Waals surface area contributed by atoms with E-state index >= 15 is 0 Å². The van der Waals surface area contributed by atoms with Crippen LogP contribution in [-0.2, 0) is 0 Å². The highest BCUT2D eigenvalue weighted by Gasteiger charge is 2.21. The van der Waals surface area contributed by atoms with Crippen molar-refractivity contribution in [3.63, 3.8) is 0 Å². The molecular formula is C19H22N2. The van der Waals surface area contributed by atoms with Crippen molar-refractivity contribution < 1.29 is 0 Å². The standard InChI is InChI=1S/C19H22N2/c1-15-9-7-8-12-17(15)18(16-10-5-4-6-11-16)21-14-19(2,3)13-20/h4-12,18,21H,14H2,1-3H3. The van der Waals surface area contributed by atoms with Crippen molar-refractivity contribution in [1.82, 2.24) is 5.32 Å². The molecule has 0 spiro atoms. The Labute approximate surface area is 127 Å². The molecule has 0 amide bonds. The van der Waals surface area contributed by atoms with Gasteiger partial charge in [-0.15, -0.1) is 0 Å². The second kappa shape index (κ2) is 6.56. The summed E-state index contributed by atoms with van der Waals surface area (Å²) in [4.78, 5) is 0. The molecule has 108 valence electrons. The maximum absolute atomic E-state index is 9.21. The van der Waals surface area contributed by atoms with Gasteiger partial charge in [0.25, 0.3) is 0 Å². The Bertz CT molecular complexity index is 624. The molecule has 2 aromatic rings. The number of hydrogen-bond donors (Lipinski definition) is 1. The molecule has 0 saturated heterocycles. The number of aryl methyl sites for hydroxylation is 1. The monoisotopic (exact) mass is 278 g/mol. The Morgan fingerprint density at radius 1 is 1.05 bits per heavy atom. The zero-order valence-corrected chi connectivity index (χ0v) is 12.9. The van der Waals surface area contributed by atoms with E-state index in [1.807, 2.05) is 19.9 Å². The van der Waals surface area contributed by atoms with Gasteiger partial charge in [-0.3, -0.25) is 0 Å². The van der Waals surface area contributed by atoms with Crippen LogP contribution in [0, 0.1) is 23.7 Å². The highest BCUT2D eigenvalue weighted by atomic mass is 14.9. The predicted molar refractivity (Wildman–Crippen MR) is 86.9 cm³/mol. The van der Waals surface area contributed by atoms with Gasteiger partial charge in [-0.05, 0) is 37.5 Å². The van der Waals surface area contributed by atoms with Gasteiger partial charge in [0.05, 0.1) is 17.5 Å². The number of benzene rings is 2. The minimum Gasteiger partial charge on any atom is -0.305 e. The van der Waals surface area contributed by atoms with Crippen molar-refractivity contribution in [3.8, 4) is 6.07 Å². The van der Waals surface area contributed by atoms with Gasteiger partial charge in [0, 0.05) is 6.54 Å². The molecule has 0 saturated carbocycles. The van der Waals surface area contributed by atoms with E-state index in [0.717, 1.165) is 0 Å². The number of rotatable bonds is 5. The summed E-state index contributed by atoms with van der Waals surface area (Å²) < 4.78 is 0. The van der Waals surface area contributed by atoms with E-state index in [4.69, 9.17) is 0 Å². The molecule has 0 aliphatic rings. The van der Waals surface area contributed by atoms with Gasteiger partial charge < -0.3 is 5.32 Å². The number of hydrogen-bond acceptors (Lipinski definition) is 2. The van der Waals surface area contributed by atoms with Crippen LogP contribution in [0.25, 0.3) is 0 Å². The van der Waals surface area contributed by atoms with Crippen LogP contribution < -0.4 is 5.32 Å². The van der Waals surface area contributed by atoms with E-state index in [-0.39, 0.29) is 11.5 Å². The third-order valence-electron chi connectivity index (χ3n) is 3.68. The van der Waals surface area contributed by atoms with Crippen molar-refractivity contribution in [2.45, 2.75) is 26.8 Å². The Morgan fingerprint density at radius 3 is 2.29 bits per heavy atom. The van der Waals surface area contributed by atoms with Crippen LogP contribution in [-0.4, -0.2) is 6.54 Å². The molecule has 0 bridgehead atoms. The van der Waals surface area contributed by atoms with E-state index in [2.05, 4.69) is 66.8 Å². The SMILES string of the molecule is Cc1ccccc1C(NCC(C)(C)C#N)c1ccccc1. The van der Waals surface area contributed by atoms with E-state index in [1.54, 1.807) is 0 Å². The van der Waals surface area contributed by atoms with Gasteiger partial charge in [0.15, 0.2) is 0 Å². The molecule has 1 atom stereocenters. The molecule has 0 heterocycles. The summed E-state index contributed by atoms with van der Waals surface area (Å²) in [6.07, 6.45) is 0. The number of nitrogens with one attached hydrogen (secondary N) is 1. The Balaban J connectivity index is 2.33. The van der Waals surface area contributed by atoms with Gasteiger partial charge in [-0.1, -0.05) is 54.6 Å². The lowest BCUT2D eigenvalue weighted by molar-refractivity contribution is 0.424. The van der Waals surface area contributed by atoms with Crippen LogP contribution in [0.3, 0.4) is 0 Å². The lowest BCUT2D eigenvalue weighted by Crippen LogP contribution is -2.32. The fourth-order valence-electron chi connectivity index (χ4n) is 2.36. The van der Waals surface area contributed by atoms with Crippen LogP contribution in [0.1, 0.15) is 36.6 Å². The molecule has 0 aromatic heterocycles. The summed E-state index contributed by atoms with van der Waals surface area (Å²) >= 11 is 0. The molecule has 21 heavy (non-hydrogen) atoms. The van der Waals surface area contributed by atoms with Crippen molar-refractivity contribution in [2.24, 2.45) is 5.41 Å². The van der Waals surface area contributed by atoms with Gasteiger partial charge in [0.2, 0.25) is 0 Å². The van der Waals surface area contributed by atoms with Crippen LogP contribution in [0.4, 0.5) is 0 Å². The first-order valence-corrected chi connectivity index (χ1v) is 7.28. The summed E-state index contributed by atoms with van der Waals surface area (Å²) in [5, 5.41) is 12.8. The Kier molecular flexibility index (Phi) is 4.77. The molecule has 0 aliphatic carbocycles. The molecule has 1 unspecified atom stereocenters. The van der Waals surface area contributed by atoms with Gasteiger partial charge >= 0.3 is 0 Å². The molecule has 0 fully saturated rings. The number of nitriles is 1. The van der Waals surface area contributed by atoms with E-state index in [0.29, 0.717) is 6.54 Å². The maximum Gasteiger partial charge on any atom is 0.0697 e. The molecule has 2 rings (SSSR count). The molecule has 1 N–H and O–H groups in total. The summed E-state index contributed by atoms with van der Waals surface area (Å²) in [6, 6.07) is 21.3. The summed E-state index contributed by atoms with van der Waals surface area (Å²) in [5.74, 6) is 0. The summed E-state index contributed by atoms with van der Waals surface area (Å²) in [7, 11) is 0. The van der Waals surface area contributed by atoms with Crippen molar-refractivity contribution >= 4 is 0 Å². The van der Waals surface area contributed by atoms with E-state index < -0.39 is 0 Å². The third-order valence-corrected chi connectivity index (χ3v) is 3.68. The lowest BCUT2D eigenvalue weighted by Gasteiger charge is -2.25. The van der Waals surface area contributed by atoms with E-state index in [1.165, 1.54) is 16.7 Å². The average molecular weight is 278 g/mol. The predicted octanol–water partition coefficient (Wildman–Crippen LogP) is 4.22. The van der Waals surface area contributed by atoms with E-state index in [9.17, 15) is 5.26 Å². The fraction of sp³-hybridized carbons (Fsp3) is 0.316. The molecule has 2 heteroatoms. The van der Waals surface area contributed by atoms with Crippen molar-refractivity contribution in [3.05, 3.63) is 71.3 Å². The second-order valence-corrected chi connectivity index (χ2v) is 6.08. The highest BCUT2D eigenvalue weighted by Crippen LogP contribution is 2.26. The average Bonchev–Trinajstić information content (AvgIpc) is 2.50. The highest BCUT2D eigenvalue weighted by molar-refractivity contribution is 5.36. The van der Waals surface area contributed by atoms with Gasteiger partial charge in [-0.2, -0.15) is 5.26 Å². The summed E-state index contributed by atoms with van der Waals surface area (Å²) in [6.45, 7) is 6.69. The first-order valence-electron chi connectivity index (χ1n) is 7.28. The Hall–Kier alpha value is -2.11. The quantitative estimate of drug-likeness (QED) is 0.888.